The minimum atomic E-state index is -0.127. The van der Waals surface area contributed by atoms with Gasteiger partial charge in [-0.2, -0.15) is 0 Å². The van der Waals surface area contributed by atoms with Gasteiger partial charge >= 0.3 is 5.97 Å². The first-order chi connectivity index (χ1) is 8.13. The first-order valence-electron chi connectivity index (χ1n) is 6.96. The summed E-state index contributed by atoms with van der Waals surface area (Å²) in [7, 11) is 1.45. The fourth-order valence-corrected chi connectivity index (χ4v) is 2.79. The Morgan fingerprint density at radius 1 is 1.24 bits per heavy atom. The fourth-order valence-electron chi connectivity index (χ4n) is 2.79. The second kappa shape index (κ2) is 7.70. The van der Waals surface area contributed by atoms with Gasteiger partial charge in [0.15, 0.2) is 0 Å². The molecule has 0 aliphatic heterocycles. The predicted octanol–water partition coefficient (Wildman–Crippen LogP) is 2.89. The third-order valence-corrected chi connectivity index (χ3v) is 3.85. The molecule has 3 heteroatoms. The number of esters is 1. The van der Waals surface area contributed by atoms with Gasteiger partial charge in [0.25, 0.3) is 0 Å². The van der Waals surface area contributed by atoms with Crippen LogP contribution in [-0.4, -0.2) is 25.2 Å². The van der Waals surface area contributed by atoms with Crippen LogP contribution in [-0.2, 0) is 9.53 Å². The number of rotatable bonds is 5. The summed E-state index contributed by atoms with van der Waals surface area (Å²) < 4.78 is 4.69. The zero-order chi connectivity index (χ0) is 12.7. The summed E-state index contributed by atoms with van der Waals surface area (Å²) >= 11 is 0. The quantitative estimate of drug-likeness (QED) is 0.594. The van der Waals surface area contributed by atoms with Crippen LogP contribution in [0.3, 0.4) is 0 Å². The fraction of sp³-hybridized carbons (Fsp3) is 0.929. The van der Waals surface area contributed by atoms with E-state index < -0.39 is 0 Å². The molecule has 1 saturated carbocycles. The topological polar surface area (TPSA) is 38.3 Å². The average Bonchev–Trinajstić information content (AvgIpc) is 2.57. The van der Waals surface area contributed by atoms with Gasteiger partial charge in [-0.25, -0.2) is 0 Å². The molecule has 1 unspecified atom stereocenters. The van der Waals surface area contributed by atoms with E-state index >= 15 is 0 Å². The van der Waals surface area contributed by atoms with Gasteiger partial charge in [-0.15, -0.1) is 0 Å². The van der Waals surface area contributed by atoms with E-state index in [0.29, 0.717) is 12.5 Å². The van der Waals surface area contributed by atoms with Crippen LogP contribution in [0.2, 0.25) is 0 Å². The molecule has 17 heavy (non-hydrogen) atoms. The molecular formula is C14H27NO2. The highest BCUT2D eigenvalue weighted by Gasteiger charge is 2.21. The Balaban J connectivity index is 2.30. The standard InChI is InChI=1S/C14H27NO2/c1-11(10-14(16)17-3)15-12(2)13-8-6-4-5-7-9-13/h11-13,15H,4-10H2,1-3H3/t11?,12-/m0/s1. The van der Waals surface area contributed by atoms with Crippen LogP contribution >= 0.6 is 0 Å². The lowest BCUT2D eigenvalue weighted by Gasteiger charge is -2.26. The highest BCUT2D eigenvalue weighted by molar-refractivity contribution is 5.69. The lowest BCUT2D eigenvalue weighted by atomic mass is 9.92. The second-order valence-corrected chi connectivity index (χ2v) is 5.39. The van der Waals surface area contributed by atoms with Crippen molar-refractivity contribution in [1.29, 1.82) is 0 Å². The minimum Gasteiger partial charge on any atom is -0.469 e. The maximum Gasteiger partial charge on any atom is 0.307 e. The van der Waals surface area contributed by atoms with Gasteiger partial charge in [0.05, 0.1) is 13.5 Å². The first-order valence-corrected chi connectivity index (χ1v) is 6.96. The van der Waals surface area contributed by atoms with Gasteiger partial charge in [0, 0.05) is 12.1 Å². The Kier molecular flexibility index (Phi) is 6.56. The summed E-state index contributed by atoms with van der Waals surface area (Å²) in [6.07, 6.45) is 8.64. The molecule has 0 radical (unpaired) electrons. The maximum absolute atomic E-state index is 11.2. The van der Waals surface area contributed by atoms with E-state index in [1.165, 1.54) is 45.6 Å². The van der Waals surface area contributed by atoms with E-state index in [2.05, 4.69) is 23.9 Å². The summed E-state index contributed by atoms with van der Waals surface area (Å²) in [5.74, 6) is 0.649. The van der Waals surface area contributed by atoms with Gasteiger partial charge in [-0.1, -0.05) is 25.7 Å². The number of hydrogen-bond acceptors (Lipinski definition) is 3. The van der Waals surface area contributed by atoms with Crippen LogP contribution in [0.5, 0.6) is 0 Å². The van der Waals surface area contributed by atoms with Crippen LogP contribution in [0, 0.1) is 5.92 Å². The molecule has 1 aliphatic rings. The van der Waals surface area contributed by atoms with Crippen LogP contribution in [0.1, 0.15) is 58.8 Å². The molecule has 0 aromatic carbocycles. The van der Waals surface area contributed by atoms with Gasteiger partial charge in [-0.3, -0.25) is 4.79 Å². The van der Waals surface area contributed by atoms with Crippen molar-refractivity contribution in [2.24, 2.45) is 5.92 Å². The molecule has 1 aliphatic carbocycles. The molecule has 100 valence electrons. The zero-order valence-electron chi connectivity index (χ0n) is 11.5. The van der Waals surface area contributed by atoms with E-state index in [1.807, 2.05) is 0 Å². The molecule has 0 aromatic rings. The second-order valence-electron chi connectivity index (χ2n) is 5.39. The van der Waals surface area contributed by atoms with Crippen molar-refractivity contribution in [2.45, 2.75) is 70.9 Å². The normalized spacial score (nSPS) is 21.6. The molecule has 2 atom stereocenters. The van der Waals surface area contributed by atoms with Crippen molar-refractivity contribution in [3.8, 4) is 0 Å². The summed E-state index contributed by atoms with van der Waals surface area (Å²) in [5.41, 5.74) is 0. The lowest BCUT2D eigenvalue weighted by molar-refractivity contribution is -0.141. The third kappa shape index (κ3) is 5.53. The van der Waals surface area contributed by atoms with E-state index in [0.717, 1.165) is 5.92 Å². The number of ether oxygens (including phenoxy) is 1. The smallest absolute Gasteiger partial charge is 0.307 e. The van der Waals surface area contributed by atoms with E-state index in [4.69, 9.17) is 0 Å². The summed E-state index contributed by atoms with van der Waals surface area (Å²) in [6.45, 7) is 4.31. The Labute approximate surface area is 105 Å². The third-order valence-electron chi connectivity index (χ3n) is 3.85. The molecule has 0 heterocycles. The Morgan fingerprint density at radius 3 is 2.35 bits per heavy atom. The van der Waals surface area contributed by atoms with Crippen molar-refractivity contribution >= 4 is 5.97 Å². The summed E-state index contributed by atoms with van der Waals surface area (Å²) in [6, 6.07) is 0.716. The molecular weight excluding hydrogens is 214 g/mol. The van der Waals surface area contributed by atoms with Crippen molar-refractivity contribution in [1.82, 2.24) is 5.32 Å². The molecule has 0 saturated heterocycles. The van der Waals surface area contributed by atoms with Gasteiger partial charge in [-0.05, 0) is 32.6 Å². The monoisotopic (exact) mass is 241 g/mol. The van der Waals surface area contributed by atoms with Crippen molar-refractivity contribution in [2.75, 3.05) is 7.11 Å². The largest absolute Gasteiger partial charge is 0.469 e. The van der Waals surface area contributed by atoms with Crippen molar-refractivity contribution in [3.63, 3.8) is 0 Å². The highest BCUT2D eigenvalue weighted by Crippen LogP contribution is 2.25. The number of methoxy groups -OCH3 is 1. The van der Waals surface area contributed by atoms with E-state index in [9.17, 15) is 4.79 Å². The molecule has 3 nitrogen and oxygen atoms in total. The highest BCUT2D eigenvalue weighted by atomic mass is 16.5. The van der Waals surface area contributed by atoms with Gasteiger partial charge in [0.2, 0.25) is 0 Å². The average molecular weight is 241 g/mol. The minimum absolute atomic E-state index is 0.127. The Morgan fingerprint density at radius 2 is 1.82 bits per heavy atom. The van der Waals surface area contributed by atoms with E-state index in [-0.39, 0.29) is 12.0 Å². The van der Waals surface area contributed by atoms with Crippen molar-refractivity contribution in [3.05, 3.63) is 0 Å². The molecule has 0 bridgehead atoms. The summed E-state index contributed by atoms with van der Waals surface area (Å²) in [4.78, 5) is 11.2. The maximum atomic E-state index is 11.2. The molecule has 0 amide bonds. The molecule has 1 rings (SSSR count). The SMILES string of the molecule is COC(=O)CC(C)N[C@@H](C)C1CCCCCC1. The van der Waals surface area contributed by atoms with Gasteiger partial charge < -0.3 is 10.1 Å². The van der Waals surface area contributed by atoms with E-state index in [1.54, 1.807) is 0 Å². The van der Waals surface area contributed by atoms with Crippen LogP contribution in [0.25, 0.3) is 0 Å². The predicted molar refractivity (Wildman–Crippen MR) is 69.9 cm³/mol. The lowest BCUT2D eigenvalue weighted by Crippen LogP contribution is -2.40. The molecule has 0 spiro atoms. The van der Waals surface area contributed by atoms with Crippen LogP contribution in [0.4, 0.5) is 0 Å². The van der Waals surface area contributed by atoms with Crippen LogP contribution in [0.15, 0.2) is 0 Å². The molecule has 0 aromatic heterocycles. The number of carbonyl (C=O) groups is 1. The first kappa shape index (κ1) is 14.5. The van der Waals surface area contributed by atoms with Gasteiger partial charge in [0.1, 0.15) is 0 Å². The van der Waals surface area contributed by atoms with Crippen molar-refractivity contribution < 1.29 is 9.53 Å². The number of hydrogen-bond donors (Lipinski definition) is 1. The summed E-state index contributed by atoms with van der Waals surface area (Å²) in [5, 5.41) is 3.54. The zero-order valence-corrected chi connectivity index (χ0v) is 11.5. The molecule has 1 fully saturated rings. The number of nitrogens with one attached hydrogen (secondary N) is 1. The molecule has 1 N–H and O–H groups in total. The number of carbonyl (C=O) groups excluding carboxylic acids is 1. The van der Waals surface area contributed by atoms with Crippen LogP contribution < -0.4 is 5.32 Å². The Hall–Kier alpha value is -0.570. The Bertz CT molecular complexity index is 222.